The highest BCUT2D eigenvalue weighted by molar-refractivity contribution is 5.83. The molecule has 1 aliphatic heterocycles. The maximum atomic E-state index is 12.5. The molecule has 0 bridgehead atoms. The predicted octanol–water partition coefficient (Wildman–Crippen LogP) is 1.54. The first-order valence-electron chi connectivity index (χ1n) is 6.98. The van der Waals surface area contributed by atoms with Crippen molar-refractivity contribution in [2.75, 3.05) is 38.5 Å². The van der Waals surface area contributed by atoms with Crippen LogP contribution in [-0.2, 0) is 4.79 Å². The lowest BCUT2D eigenvalue weighted by Gasteiger charge is -2.35. The van der Waals surface area contributed by atoms with E-state index in [0.717, 1.165) is 38.3 Å². The third kappa shape index (κ3) is 3.26. The molecule has 104 valence electrons. The minimum atomic E-state index is -0.114. The maximum Gasteiger partial charge on any atom is 0.229 e. The van der Waals surface area contributed by atoms with Crippen LogP contribution in [0.5, 0.6) is 0 Å². The topological polar surface area (TPSA) is 49.6 Å². The molecule has 1 atom stereocenters. The van der Waals surface area contributed by atoms with Crippen LogP contribution in [0.1, 0.15) is 25.3 Å². The first kappa shape index (κ1) is 13.9. The molecule has 4 nitrogen and oxygen atoms in total. The van der Waals surface area contributed by atoms with Crippen molar-refractivity contribution < 1.29 is 4.79 Å². The molecule has 1 aromatic carbocycles. The van der Waals surface area contributed by atoms with Gasteiger partial charge in [0.05, 0.1) is 5.92 Å². The largest absolute Gasteiger partial charge is 0.399 e. The molecule has 19 heavy (non-hydrogen) atoms. The Bertz CT molecular complexity index is 439. The number of anilines is 1. The highest BCUT2D eigenvalue weighted by Crippen LogP contribution is 2.20. The van der Waals surface area contributed by atoms with Gasteiger partial charge in [-0.15, -0.1) is 0 Å². The number of nitrogen functional groups attached to an aromatic ring is 1. The zero-order chi connectivity index (χ0) is 13.8. The molecule has 1 aromatic rings. The number of nitrogens with two attached hydrogens (primary N) is 1. The van der Waals surface area contributed by atoms with Gasteiger partial charge in [-0.05, 0) is 31.2 Å². The zero-order valence-electron chi connectivity index (χ0n) is 11.8. The summed E-state index contributed by atoms with van der Waals surface area (Å²) in [6, 6.07) is 7.62. The van der Waals surface area contributed by atoms with Gasteiger partial charge in [0.1, 0.15) is 0 Å². The number of amides is 1. The average molecular weight is 261 g/mol. The Labute approximate surface area is 115 Å². The molecular formula is C15H23N3O. The highest BCUT2D eigenvalue weighted by atomic mass is 16.2. The second-order valence-electron chi connectivity index (χ2n) is 5.15. The van der Waals surface area contributed by atoms with Crippen molar-refractivity contribution in [2.24, 2.45) is 0 Å². The van der Waals surface area contributed by atoms with Crippen molar-refractivity contribution in [1.29, 1.82) is 0 Å². The Balaban J connectivity index is 2.00. The van der Waals surface area contributed by atoms with Crippen molar-refractivity contribution >= 4 is 11.6 Å². The molecule has 0 spiro atoms. The van der Waals surface area contributed by atoms with Gasteiger partial charge < -0.3 is 15.5 Å². The van der Waals surface area contributed by atoms with Gasteiger partial charge in [-0.1, -0.05) is 19.1 Å². The molecule has 1 amide bonds. The van der Waals surface area contributed by atoms with E-state index in [2.05, 4.69) is 11.8 Å². The van der Waals surface area contributed by atoms with E-state index in [1.807, 2.05) is 36.1 Å². The highest BCUT2D eigenvalue weighted by Gasteiger charge is 2.25. The van der Waals surface area contributed by atoms with Crippen molar-refractivity contribution in [3.8, 4) is 0 Å². The van der Waals surface area contributed by atoms with E-state index in [-0.39, 0.29) is 11.8 Å². The third-order valence-electron chi connectivity index (χ3n) is 3.91. The summed E-state index contributed by atoms with van der Waals surface area (Å²) in [5.41, 5.74) is 7.50. The Morgan fingerprint density at radius 3 is 2.58 bits per heavy atom. The molecule has 0 radical (unpaired) electrons. The summed E-state index contributed by atoms with van der Waals surface area (Å²) in [5.74, 6) is 0.0954. The van der Waals surface area contributed by atoms with Crippen molar-refractivity contribution in [3.63, 3.8) is 0 Å². The second-order valence-corrected chi connectivity index (χ2v) is 5.15. The SMILES string of the molecule is CCN1CCN(C(=O)C(C)c2cccc(N)c2)CC1. The molecule has 1 heterocycles. The zero-order valence-corrected chi connectivity index (χ0v) is 11.8. The molecule has 1 aliphatic rings. The third-order valence-corrected chi connectivity index (χ3v) is 3.91. The van der Waals surface area contributed by atoms with Crippen LogP contribution in [-0.4, -0.2) is 48.4 Å². The van der Waals surface area contributed by atoms with Crippen molar-refractivity contribution in [2.45, 2.75) is 19.8 Å². The normalized spacial score (nSPS) is 18.3. The van der Waals surface area contributed by atoms with Gasteiger partial charge in [-0.2, -0.15) is 0 Å². The maximum absolute atomic E-state index is 12.5. The van der Waals surface area contributed by atoms with Gasteiger partial charge in [-0.25, -0.2) is 0 Å². The molecule has 0 aliphatic carbocycles. The number of nitrogens with zero attached hydrogens (tertiary/aromatic N) is 2. The summed E-state index contributed by atoms with van der Waals surface area (Å²) in [6.45, 7) is 8.80. The fourth-order valence-corrected chi connectivity index (χ4v) is 2.53. The standard InChI is InChI=1S/C15H23N3O/c1-3-17-7-9-18(10-8-17)15(19)12(2)13-5-4-6-14(16)11-13/h4-6,11-12H,3,7-10,16H2,1-2H3. The van der Waals surface area contributed by atoms with Crippen LogP contribution in [0.2, 0.25) is 0 Å². The Morgan fingerprint density at radius 2 is 2.00 bits per heavy atom. The molecule has 1 unspecified atom stereocenters. The van der Waals surface area contributed by atoms with Crippen molar-refractivity contribution in [1.82, 2.24) is 9.80 Å². The van der Waals surface area contributed by atoms with Crippen LogP contribution in [0.15, 0.2) is 24.3 Å². The van der Waals surface area contributed by atoms with Crippen LogP contribution in [0, 0.1) is 0 Å². The first-order valence-corrected chi connectivity index (χ1v) is 6.98. The molecule has 1 saturated heterocycles. The predicted molar refractivity (Wildman–Crippen MR) is 78.0 cm³/mol. The quantitative estimate of drug-likeness (QED) is 0.840. The minimum Gasteiger partial charge on any atom is -0.399 e. The van der Waals surface area contributed by atoms with E-state index in [4.69, 9.17) is 5.73 Å². The Hall–Kier alpha value is -1.55. The van der Waals surface area contributed by atoms with E-state index in [0.29, 0.717) is 5.69 Å². The van der Waals surface area contributed by atoms with Gasteiger partial charge >= 0.3 is 0 Å². The molecule has 0 aromatic heterocycles. The van der Waals surface area contributed by atoms with Crippen LogP contribution in [0.3, 0.4) is 0 Å². The summed E-state index contributed by atoms with van der Waals surface area (Å²) < 4.78 is 0. The summed E-state index contributed by atoms with van der Waals surface area (Å²) in [6.07, 6.45) is 0. The van der Waals surface area contributed by atoms with E-state index >= 15 is 0 Å². The monoisotopic (exact) mass is 261 g/mol. The van der Waals surface area contributed by atoms with Crippen LogP contribution in [0.4, 0.5) is 5.69 Å². The van der Waals surface area contributed by atoms with Gasteiger partial charge in [0.15, 0.2) is 0 Å². The number of carbonyl (C=O) groups is 1. The molecule has 0 saturated carbocycles. The summed E-state index contributed by atoms with van der Waals surface area (Å²) in [4.78, 5) is 16.8. The summed E-state index contributed by atoms with van der Waals surface area (Å²) in [5, 5.41) is 0. The number of likely N-dealkylation sites (N-methyl/N-ethyl adjacent to an activating group) is 1. The van der Waals surface area contributed by atoms with Gasteiger partial charge in [-0.3, -0.25) is 4.79 Å². The summed E-state index contributed by atoms with van der Waals surface area (Å²) >= 11 is 0. The van der Waals surface area contributed by atoms with Crippen molar-refractivity contribution in [3.05, 3.63) is 29.8 Å². The number of piperazine rings is 1. The van der Waals surface area contributed by atoms with E-state index < -0.39 is 0 Å². The van der Waals surface area contributed by atoms with Crippen LogP contribution < -0.4 is 5.73 Å². The number of carbonyl (C=O) groups excluding carboxylic acids is 1. The number of rotatable bonds is 3. The average Bonchev–Trinajstić information content (AvgIpc) is 2.46. The molecule has 1 fully saturated rings. The van der Waals surface area contributed by atoms with Crippen LogP contribution in [0.25, 0.3) is 0 Å². The Kier molecular flexibility index (Phi) is 4.43. The minimum absolute atomic E-state index is 0.114. The lowest BCUT2D eigenvalue weighted by molar-refractivity contribution is -0.134. The van der Waals surface area contributed by atoms with E-state index in [9.17, 15) is 4.79 Å². The fraction of sp³-hybridized carbons (Fsp3) is 0.533. The Morgan fingerprint density at radius 1 is 1.32 bits per heavy atom. The van der Waals surface area contributed by atoms with E-state index in [1.54, 1.807) is 0 Å². The number of hydrogen-bond acceptors (Lipinski definition) is 3. The summed E-state index contributed by atoms with van der Waals surface area (Å²) in [7, 11) is 0. The smallest absolute Gasteiger partial charge is 0.229 e. The van der Waals surface area contributed by atoms with Gasteiger partial charge in [0.25, 0.3) is 0 Å². The molecule has 2 N–H and O–H groups in total. The van der Waals surface area contributed by atoms with Gasteiger partial charge in [0, 0.05) is 31.9 Å². The number of benzene rings is 1. The lowest BCUT2D eigenvalue weighted by Crippen LogP contribution is -2.49. The lowest BCUT2D eigenvalue weighted by atomic mass is 9.99. The fourth-order valence-electron chi connectivity index (χ4n) is 2.53. The van der Waals surface area contributed by atoms with Gasteiger partial charge in [0.2, 0.25) is 5.91 Å². The number of hydrogen-bond donors (Lipinski definition) is 1. The van der Waals surface area contributed by atoms with E-state index in [1.165, 1.54) is 0 Å². The van der Waals surface area contributed by atoms with Crippen LogP contribution >= 0.6 is 0 Å². The first-order chi connectivity index (χ1) is 9.11. The molecule has 2 rings (SSSR count). The molecular weight excluding hydrogens is 238 g/mol. The second kappa shape index (κ2) is 6.06. The molecule has 4 heteroatoms.